The Morgan fingerprint density at radius 2 is 1.14 bits per heavy atom. The Bertz CT molecular complexity index is 19.2. The minimum atomic E-state index is 0.441. The van der Waals surface area contributed by atoms with Crippen molar-refractivity contribution in [1.82, 2.24) is 0 Å². The average Bonchev–Trinajstić information content (AvgIpc) is 1.69. The van der Waals surface area contributed by atoms with E-state index >= 15 is 0 Å². The number of hydrogen-bond donors (Lipinski definition) is 0. The summed E-state index contributed by atoms with van der Waals surface area (Å²) in [5, 5.41) is 0. The van der Waals surface area contributed by atoms with Gasteiger partial charge >= 0.3 is 123 Å². The van der Waals surface area contributed by atoms with Crippen LogP contribution in [0.5, 0.6) is 0 Å². The van der Waals surface area contributed by atoms with E-state index in [1.165, 1.54) is 61.3 Å². The molecule has 0 amide bonds. The summed E-state index contributed by atoms with van der Waals surface area (Å²) in [7, 11) is 0. The second-order valence-electron chi connectivity index (χ2n) is 1.77. The molecule has 7 heavy (non-hydrogen) atoms. The molecule has 7 heteroatoms. The van der Waals surface area contributed by atoms with Gasteiger partial charge in [0.05, 0.1) is 0 Å². The predicted octanol–water partition coefficient (Wildman–Crippen LogP) is -2.67. The standard InChI is InChI=1S/7Ba. The van der Waals surface area contributed by atoms with Gasteiger partial charge in [0.15, 0.2) is 0 Å². The quantitative estimate of drug-likeness (QED) is 0.214. The maximum atomic E-state index is 1.52. The molecule has 0 unspecified atom stereocenters. The molecule has 0 atom stereocenters. The van der Waals surface area contributed by atoms with Gasteiger partial charge in [0.25, 0.3) is 0 Å². The summed E-state index contributed by atoms with van der Waals surface area (Å²) in [5.41, 5.74) is 0. The van der Waals surface area contributed by atoms with E-state index in [0.717, 1.165) is 0 Å². The van der Waals surface area contributed by atoms with Crippen LogP contribution in [0.4, 0.5) is 0 Å². The van der Waals surface area contributed by atoms with Gasteiger partial charge in [0.2, 0.25) is 0 Å². The molecule has 0 heterocycles. The van der Waals surface area contributed by atoms with Crippen LogP contribution in [0, 0.1) is 0 Å². The Morgan fingerprint density at radius 1 is 0.714 bits per heavy atom. The molecule has 0 aliphatic heterocycles. The Kier molecular flexibility index (Phi) is 43.7. The second-order valence-corrected chi connectivity index (χ2v) is 682. The van der Waals surface area contributed by atoms with E-state index in [-0.39, 0.29) is 0 Å². The molecule has 0 aromatic heterocycles. The predicted molar refractivity (Wildman–Crippen MR) is 40.3 cm³/mol. The van der Waals surface area contributed by atoms with E-state index in [2.05, 4.69) is 0 Å². The van der Waals surface area contributed by atoms with E-state index in [9.17, 15) is 0 Å². The molecule has 0 bridgehead atoms. The average molecular weight is 961 g/mol. The third kappa shape index (κ3) is 17.0. The zero-order valence-electron chi connectivity index (χ0n) is 4.95. The summed E-state index contributed by atoms with van der Waals surface area (Å²) in [6.45, 7) is 0. The summed E-state index contributed by atoms with van der Waals surface area (Å²) in [6, 6.07) is 0. The monoisotopic (exact) mass is 965 g/mol. The fourth-order valence-corrected chi connectivity index (χ4v) is 10800. The summed E-state index contributed by atoms with van der Waals surface area (Å²) in [5.74, 6) is 0. The van der Waals surface area contributed by atoms with Crippen molar-refractivity contribution >= 4 is 123 Å². The fourth-order valence-electron chi connectivity index (χ4n) is 0.530. The van der Waals surface area contributed by atoms with Crippen molar-refractivity contribution in [2.24, 2.45) is 0 Å². The third-order valence-corrected chi connectivity index (χ3v) is 2810. The van der Waals surface area contributed by atoms with Gasteiger partial charge in [-0.15, -0.1) is 0 Å². The molecule has 0 aromatic carbocycles. The molecular formula is Ba7. The van der Waals surface area contributed by atoms with Crippen LogP contribution in [0.1, 0.15) is 0 Å². The van der Waals surface area contributed by atoms with E-state index in [0.29, 0.717) is 62.1 Å². The van der Waals surface area contributed by atoms with Crippen molar-refractivity contribution in [2.75, 3.05) is 0 Å². The Balaban J connectivity index is 2.45. The van der Waals surface area contributed by atoms with Crippen LogP contribution in [0.25, 0.3) is 0 Å². The van der Waals surface area contributed by atoms with Crippen molar-refractivity contribution < 1.29 is 0 Å². The molecule has 0 saturated heterocycles. The zero-order chi connectivity index (χ0) is 5.54. The van der Waals surface area contributed by atoms with Crippen LogP contribution in [-0.2, 0) is 0 Å². The molecule has 0 saturated carbocycles. The first kappa shape index (κ1) is 18.0. The van der Waals surface area contributed by atoms with Gasteiger partial charge in [-0.25, -0.2) is 0 Å². The van der Waals surface area contributed by atoms with Crippen molar-refractivity contribution in [3.63, 3.8) is 0 Å². The minimum absolute atomic E-state index is 0.441. The zero-order valence-corrected chi connectivity index (χ0v) is 36.0. The van der Waals surface area contributed by atoms with E-state index in [1.54, 1.807) is 0 Å². The SMILES string of the molecule is [Ba][Ba][Ba][Ba][Ba][Ba][Ba]. The van der Waals surface area contributed by atoms with Gasteiger partial charge in [0, 0.05) is 0 Å². The van der Waals surface area contributed by atoms with Gasteiger partial charge in [0.1, 0.15) is 0 Å². The van der Waals surface area contributed by atoms with Gasteiger partial charge < -0.3 is 0 Å². The summed E-state index contributed by atoms with van der Waals surface area (Å²) in [6.07, 6.45) is 0. The van der Waals surface area contributed by atoms with Gasteiger partial charge in [-0.2, -0.15) is 0 Å². The molecule has 0 aliphatic rings. The van der Waals surface area contributed by atoms with Crippen LogP contribution in [0.3, 0.4) is 0 Å². The Hall–Kier alpha value is 11.0. The molecule has 0 aliphatic carbocycles. The number of rotatable bonds is 4. The molecule has 0 spiro atoms. The molecule has 0 nitrogen and oxygen atoms in total. The van der Waals surface area contributed by atoms with Crippen LogP contribution in [0.2, 0.25) is 0 Å². The van der Waals surface area contributed by atoms with E-state index < -0.39 is 0 Å². The van der Waals surface area contributed by atoms with Crippen LogP contribution >= 0.6 is 0 Å². The van der Waals surface area contributed by atoms with Gasteiger partial charge in [-0.3, -0.25) is 0 Å². The topological polar surface area (TPSA) is 0 Å². The van der Waals surface area contributed by atoms with E-state index in [1.807, 2.05) is 0 Å². The maximum absolute atomic E-state index is 1.52. The van der Waals surface area contributed by atoms with Crippen LogP contribution < -0.4 is 0 Å². The summed E-state index contributed by atoms with van der Waals surface area (Å²) >= 11 is 5.50. The molecule has 0 fully saturated rings. The second kappa shape index (κ2) is 17.0. The van der Waals surface area contributed by atoms with E-state index in [4.69, 9.17) is 0 Å². The Morgan fingerprint density at radius 3 is 1.43 bits per heavy atom. The fraction of sp³-hybridized carbons (Fsp3) is 0. The first-order valence-electron chi connectivity index (χ1n) is 3.00. The van der Waals surface area contributed by atoms with Gasteiger partial charge in [-0.1, -0.05) is 0 Å². The summed E-state index contributed by atoms with van der Waals surface area (Å²) in [4.78, 5) is 0. The van der Waals surface area contributed by atoms with Crippen molar-refractivity contribution in [2.45, 2.75) is 0 Å². The molecular weight excluding hydrogens is 961 g/mol. The van der Waals surface area contributed by atoms with Crippen molar-refractivity contribution in [1.29, 1.82) is 0 Å². The molecule has 0 N–H and O–H groups in total. The Labute approximate surface area is 109 Å². The third-order valence-electron chi connectivity index (χ3n) is 1.000. The molecule has 0 rings (SSSR count). The molecule has 0 aromatic rings. The summed E-state index contributed by atoms with van der Waals surface area (Å²) < 4.78 is 0. The van der Waals surface area contributed by atoms with Crippen molar-refractivity contribution in [3.8, 4) is 0 Å². The first-order valence-corrected chi connectivity index (χ1v) is 159. The van der Waals surface area contributed by atoms with Gasteiger partial charge in [-0.05, 0) is 0 Å². The normalized spacial score (nSPS) is 3.14. The first-order chi connectivity index (χ1) is 3.41. The van der Waals surface area contributed by atoms with Crippen LogP contribution in [-0.4, -0.2) is 123 Å². The molecule has 14 valence electrons. The van der Waals surface area contributed by atoms with Crippen LogP contribution in [0.15, 0.2) is 0 Å². The molecule has 2 radical (unpaired) electrons. The number of hydrogen-bond acceptors (Lipinski definition) is 0. The van der Waals surface area contributed by atoms with Crippen molar-refractivity contribution in [3.05, 3.63) is 0 Å².